The van der Waals surface area contributed by atoms with E-state index < -0.39 is 0 Å². The van der Waals surface area contributed by atoms with Crippen LogP contribution in [0.15, 0.2) is 12.7 Å². The highest BCUT2D eigenvalue weighted by molar-refractivity contribution is 4.70. The van der Waals surface area contributed by atoms with E-state index in [1.807, 2.05) is 0 Å². The highest BCUT2D eigenvalue weighted by Gasteiger charge is 2.05. The Kier molecular flexibility index (Phi) is 2.35. The molecule has 0 fully saturated rings. The molecule has 0 aromatic carbocycles. The van der Waals surface area contributed by atoms with E-state index in [2.05, 4.69) is 10.2 Å². The number of aromatic nitrogens is 3. The zero-order chi connectivity index (χ0) is 7.40. The third kappa shape index (κ3) is 1.31. The molecule has 0 unspecified atom stereocenters. The van der Waals surface area contributed by atoms with Gasteiger partial charge in [0.25, 0.3) is 0 Å². The van der Waals surface area contributed by atoms with Gasteiger partial charge >= 0.3 is 0 Å². The largest absolute Gasteiger partial charge is 0.394 e. The van der Waals surface area contributed by atoms with Crippen LogP contribution in [0.2, 0.25) is 0 Å². The van der Waals surface area contributed by atoms with Crippen LogP contribution in [-0.4, -0.2) is 38.2 Å². The fourth-order valence-electron chi connectivity index (χ4n) is 0.644. The van der Waals surface area contributed by atoms with Crippen LogP contribution in [0.5, 0.6) is 0 Å². The Bertz CT molecular complexity index is 171. The van der Waals surface area contributed by atoms with E-state index in [1.165, 1.54) is 12.7 Å². The molecule has 2 N–H and O–H groups in total. The molecule has 0 radical (unpaired) electrons. The van der Waals surface area contributed by atoms with E-state index in [-0.39, 0.29) is 19.3 Å². The second-order valence-electron chi connectivity index (χ2n) is 1.93. The summed E-state index contributed by atoms with van der Waals surface area (Å²) in [6.07, 6.45) is 2.91. The first-order valence-corrected chi connectivity index (χ1v) is 2.94. The van der Waals surface area contributed by atoms with Crippen molar-refractivity contribution in [3.05, 3.63) is 12.7 Å². The molecule has 0 saturated heterocycles. The van der Waals surface area contributed by atoms with Crippen LogP contribution in [0.1, 0.15) is 6.04 Å². The highest BCUT2D eigenvalue weighted by atomic mass is 16.3. The maximum absolute atomic E-state index is 8.66. The monoisotopic (exact) mass is 143 g/mol. The smallest absolute Gasteiger partial charge is 0.119 e. The van der Waals surface area contributed by atoms with Crippen molar-refractivity contribution in [1.29, 1.82) is 0 Å². The van der Waals surface area contributed by atoms with Gasteiger partial charge in [0.15, 0.2) is 0 Å². The zero-order valence-electron chi connectivity index (χ0n) is 5.38. The minimum absolute atomic E-state index is 0.103. The third-order valence-corrected chi connectivity index (χ3v) is 1.28. The maximum Gasteiger partial charge on any atom is 0.119 e. The Balaban J connectivity index is 2.64. The molecule has 5 heteroatoms. The van der Waals surface area contributed by atoms with Gasteiger partial charge in [-0.1, -0.05) is 0 Å². The molecule has 1 heterocycles. The summed E-state index contributed by atoms with van der Waals surface area (Å²) in [6.45, 7) is -0.205. The first-order chi connectivity index (χ1) is 4.88. The van der Waals surface area contributed by atoms with E-state index >= 15 is 0 Å². The van der Waals surface area contributed by atoms with Gasteiger partial charge in [0.05, 0.1) is 19.3 Å². The summed E-state index contributed by atoms with van der Waals surface area (Å²) in [5.41, 5.74) is 0. The fourth-order valence-corrected chi connectivity index (χ4v) is 0.644. The lowest BCUT2D eigenvalue weighted by Gasteiger charge is -2.09. The number of hydrogen-bond acceptors (Lipinski definition) is 4. The summed E-state index contributed by atoms with van der Waals surface area (Å²) in [5, 5.41) is 24.4. The van der Waals surface area contributed by atoms with Gasteiger partial charge in [-0.3, -0.25) is 0 Å². The summed E-state index contributed by atoms with van der Waals surface area (Å²) >= 11 is 0. The molecule has 10 heavy (non-hydrogen) atoms. The Labute approximate surface area is 57.9 Å². The van der Waals surface area contributed by atoms with Crippen molar-refractivity contribution in [3.8, 4) is 0 Å². The van der Waals surface area contributed by atoms with Crippen molar-refractivity contribution >= 4 is 0 Å². The Morgan fingerprint density at radius 2 is 1.70 bits per heavy atom. The highest BCUT2D eigenvalue weighted by Crippen LogP contribution is 2.00. The van der Waals surface area contributed by atoms with Crippen LogP contribution >= 0.6 is 0 Å². The van der Waals surface area contributed by atoms with Crippen LogP contribution in [-0.2, 0) is 0 Å². The van der Waals surface area contributed by atoms with Gasteiger partial charge in [-0.25, -0.2) is 0 Å². The van der Waals surface area contributed by atoms with Gasteiger partial charge in [0.1, 0.15) is 12.7 Å². The molecule has 1 rings (SSSR count). The minimum atomic E-state index is -0.310. The fraction of sp³-hybridized carbons (Fsp3) is 0.600. The number of aliphatic hydroxyl groups is 2. The normalized spacial score (nSPS) is 10.7. The molecule has 0 saturated carbocycles. The second-order valence-corrected chi connectivity index (χ2v) is 1.93. The minimum Gasteiger partial charge on any atom is -0.394 e. The van der Waals surface area contributed by atoms with Gasteiger partial charge in [-0.05, 0) is 0 Å². The first-order valence-electron chi connectivity index (χ1n) is 2.94. The number of nitrogens with zero attached hydrogens (tertiary/aromatic N) is 3. The van der Waals surface area contributed by atoms with Gasteiger partial charge in [-0.15, -0.1) is 10.2 Å². The molecule has 0 aliphatic heterocycles. The standard InChI is InChI=1S/C5H9N3O2/c9-1-5(2-10)8-3-6-7-4-8/h3-5,9-10H,1-2H2. The quantitative estimate of drug-likeness (QED) is 0.557. The van der Waals surface area contributed by atoms with Crippen molar-refractivity contribution in [2.45, 2.75) is 6.04 Å². The summed E-state index contributed by atoms with van der Waals surface area (Å²) < 4.78 is 1.56. The molecule has 0 spiro atoms. The lowest BCUT2D eigenvalue weighted by atomic mass is 10.3. The average molecular weight is 143 g/mol. The molecule has 56 valence electrons. The van der Waals surface area contributed by atoms with Crippen LogP contribution < -0.4 is 0 Å². The average Bonchev–Trinajstić information content (AvgIpc) is 2.43. The van der Waals surface area contributed by atoms with E-state index in [4.69, 9.17) is 10.2 Å². The van der Waals surface area contributed by atoms with Gasteiger partial charge < -0.3 is 14.8 Å². The molecule has 0 bridgehead atoms. The SMILES string of the molecule is OCC(CO)n1cnnc1. The Hall–Kier alpha value is -0.940. The Morgan fingerprint density at radius 3 is 2.10 bits per heavy atom. The summed E-state index contributed by atoms with van der Waals surface area (Å²) in [6, 6.07) is -0.310. The molecule has 0 aliphatic carbocycles. The maximum atomic E-state index is 8.66. The van der Waals surface area contributed by atoms with E-state index in [9.17, 15) is 0 Å². The molecular weight excluding hydrogens is 134 g/mol. The van der Waals surface area contributed by atoms with Crippen molar-refractivity contribution < 1.29 is 10.2 Å². The van der Waals surface area contributed by atoms with Gasteiger partial charge in [-0.2, -0.15) is 0 Å². The van der Waals surface area contributed by atoms with Crippen molar-refractivity contribution in [2.75, 3.05) is 13.2 Å². The summed E-state index contributed by atoms with van der Waals surface area (Å²) in [7, 11) is 0. The lowest BCUT2D eigenvalue weighted by molar-refractivity contribution is 0.154. The van der Waals surface area contributed by atoms with Crippen molar-refractivity contribution in [1.82, 2.24) is 14.8 Å². The molecule has 0 aliphatic rings. The topological polar surface area (TPSA) is 71.2 Å². The molecule has 1 aromatic heterocycles. The Morgan fingerprint density at radius 1 is 1.20 bits per heavy atom. The molecule has 1 aromatic rings. The first kappa shape index (κ1) is 7.17. The van der Waals surface area contributed by atoms with Crippen LogP contribution in [0.3, 0.4) is 0 Å². The summed E-state index contributed by atoms with van der Waals surface area (Å²) in [5.74, 6) is 0. The van der Waals surface area contributed by atoms with Crippen molar-refractivity contribution in [3.63, 3.8) is 0 Å². The second kappa shape index (κ2) is 3.28. The van der Waals surface area contributed by atoms with Crippen molar-refractivity contribution in [2.24, 2.45) is 0 Å². The lowest BCUT2D eigenvalue weighted by Crippen LogP contribution is -2.15. The van der Waals surface area contributed by atoms with Crippen LogP contribution in [0.4, 0.5) is 0 Å². The molecule has 5 nitrogen and oxygen atoms in total. The molecule has 0 amide bonds. The van der Waals surface area contributed by atoms with Gasteiger partial charge in [0, 0.05) is 0 Å². The number of rotatable bonds is 3. The zero-order valence-corrected chi connectivity index (χ0v) is 5.38. The van der Waals surface area contributed by atoms with E-state index in [0.717, 1.165) is 0 Å². The third-order valence-electron chi connectivity index (χ3n) is 1.28. The predicted octanol–water partition coefficient (Wildman–Crippen LogP) is -1.20. The predicted molar refractivity (Wildman–Crippen MR) is 33.2 cm³/mol. The number of aliphatic hydroxyl groups excluding tert-OH is 2. The van der Waals surface area contributed by atoms with E-state index in [1.54, 1.807) is 4.57 Å². The van der Waals surface area contributed by atoms with E-state index in [0.29, 0.717) is 0 Å². The van der Waals surface area contributed by atoms with Crippen LogP contribution in [0, 0.1) is 0 Å². The number of hydrogen-bond donors (Lipinski definition) is 2. The molecule has 0 atom stereocenters. The molecular formula is C5H9N3O2. The van der Waals surface area contributed by atoms with Crippen LogP contribution in [0.25, 0.3) is 0 Å². The van der Waals surface area contributed by atoms with Gasteiger partial charge in [0.2, 0.25) is 0 Å². The summed E-state index contributed by atoms with van der Waals surface area (Å²) in [4.78, 5) is 0.